The van der Waals surface area contributed by atoms with Crippen molar-refractivity contribution in [3.63, 3.8) is 0 Å². The highest BCUT2D eigenvalue weighted by Gasteiger charge is 2.02. The molecule has 0 aliphatic carbocycles. The molecule has 0 bridgehead atoms. The van der Waals surface area contributed by atoms with Gasteiger partial charge in [0.2, 0.25) is 6.08 Å². The topological polar surface area (TPSA) is 46.5 Å². The lowest BCUT2D eigenvalue weighted by molar-refractivity contribution is -0.108. The second-order valence-corrected chi connectivity index (χ2v) is 2.69. The SMILES string of the molecule is CSCCC(C=O)N=C=O. The molecule has 0 heterocycles. The maximum Gasteiger partial charge on any atom is 0.235 e. The Bertz CT molecular complexity index is 143. The molecule has 0 aromatic rings. The van der Waals surface area contributed by atoms with E-state index in [4.69, 9.17) is 0 Å². The molecule has 0 fully saturated rings. The molecule has 56 valence electrons. The highest BCUT2D eigenvalue weighted by molar-refractivity contribution is 7.98. The number of aldehydes is 1. The predicted octanol–water partition coefficient (Wildman–Crippen LogP) is 0.643. The van der Waals surface area contributed by atoms with Crippen LogP contribution in [0.15, 0.2) is 4.99 Å². The molecule has 3 nitrogen and oxygen atoms in total. The molecule has 0 saturated carbocycles. The van der Waals surface area contributed by atoms with Gasteiger partial charge in [-0.1, -0.05) is 0 Å². The van der Waals surface area contributed by atoms with Crippen molar-refractivity contribution >= 4 is 24.1 Å². The number of hydrogen-bond donors (Lipinski definition) is 0. The Balaban J connectivity index is 3.60. The molecule has 10 heavy (non-hydrogen) atoms. The van der Waals surface area contributed by atoms with Crippen LogP contribution in [0.4, 0.5) is 0 Å². The summed E-state index contributed by atoms with van der Waals surface area (Å²) in [5.74, 6) is 0.842. The summed E-state index contributed by atoms with van der Waals surface area (Å²) in [6.45, 7) is 0. The number of carbonyl (C=O) groups excluding carboxylic acids is 2. The van der Waals surface area contributed by atoms with Gasteiger partial charge in [-0.3, -0.25) is 0 Å². The Morgan fingerprint density at radius 1 is 1.80 bits per heavy atom. The number of hydrogen-bond acceptors (Lipinski definition) is 4. The zero-order valence-corrected chi connectivity index (χ0v) is 6.56. The fraction of sp³-hybridized carbons (Fsp3) is 0.667. The second-order valence-electron chi connectivity index (χ2n) is 1.71. The van der Waals surface area contributed by atoms with E-state index in [1.165, 1.54) is 6.08 Å². The number of thioether (sulfide) groups is 1. The molecule has 0 N–H and O–H groups in total. The molecule has 0 saturated heterocycles. The van der Waals surface area contributed by atoms with Crippen LogP contribution in [0.1, 0.15) is 6.42 Å². The Kier molecular flexibility index (Phi) is 6.13. The van der Waals surface area contributed by atoms with E-state index in [1.54, 1.807) is 11.8 Å². The first-order chi connectivity index (χ1) is 4.85. The quantitative estimate of drug-likeness (QED) is 0.336. The lowest BCUT2D eigenvalue weighted by Crippen LogP contribution is -2.06. The van der Waals surface area contributed by atoms with Crippen LogP contribution < -0.4 is 0 Å². The summed E-state index contributed by atoms with van der Waals surface area (Å²) in [7, 11) is 0. The summed E-state index contributed by atoms with van der Waals surface area (Å²) in [6, 6.07) is -0.482. The lowest BCUT2D eigenvalue weighted by Gasteiger charge is -1.97. The minimum atomic E-state index is -0.482. The summed E-state index contributed by atoms with van der Waals surface area (Å²) in [6.07, 6.45) is 4.59. The molecule has 1 unspecified atom stereocenters. The summed E-state index contributed by atoms with van der Waals surface area (Å²) in [5, 5.41) is 0. The molecule has 0 spiro atoms. The number of nitrogens with zero attached hydrogens (tertiary/aromatic N) is 1. The van der Waals surface area contributed by atoms with Gasteiger partial charge in [0.25, 0.3) is 0 Å². The Morgan fingerprint density at radius 3 is 2.90 bits per heavy atom. The van der Waals surface area contributed by atoms with Crippen LogP contribution in [-0.2, 0) is 9.59 Å². The first-order valence-electron chi connectivity index (χ1n) is 2.86. The van der Waals surface area contributed by atoms with Crippen molar-refractivity contribution in [3.8, 4) is 0 Å². The summed E-state index contributed by atoms with van der Waals surface area (Å²) in [4.78, 5) is 23.1. The highest BCUT2D eigenvalue weighted by atomic mass is 32.2. The maximum absolute atomic E-state index is 10.1. The predicted molar refractivity (Wildman–Crippen MR) is 41.0 cm³/mol. The molecular formula is C6H9NO2S. The minimum Gasteiger partial charge on any atom is -0.301 e. The van der Waals surface area contributed by atoms with Gasteiger partial charge in [-0.25, -0.2) is 4.79 Å². The number of rotatable bonds is 5. The lowest BCUT2D eigenvalue weighted by atomic mass is 10.3. The second kappa shape index (κ2) is 6.52. The standard InChI is InChI=1S/C6H9NO2S/c1-10-3-2-6(4-8)7-5-9/h4,6H,2-3H2,1H3. The van der Waals surface area contributed by atoms with Crippen LogP contribution >= 0.6 is 11.8 Å². The van der Waals surface area contributed by atoms with E-state index in [0.717, 1.165) is 5.75 Å². The van der Waals surface area contributed by atoms with Gasteiger partial charge in [-0.2, -0.15) is 16.8 Å². The van der Waals surface area contributed by atoms with Crippen LogP contribution in [0.3, 0.4) is 0 Å². The number of aliphatic imine (C=N–C) groups is 1. The summed E-state index contributed by atoms with van der Waals surface area (Å²) >= 11 is 1.62. The van der Waals surface area contributed by atoms with Gasteiger partial charge < -0.3 is 4.79 Å². The highest BCUT2D eigenvalue weighted by Crippen LogP contribution is 2.00. The van der Waals surface area contributed by atoms with E-state index in [0.29, 0.717) is 12.7 Å². The van der Waals surface area contributed by atoms with Crippen molar-refractivity contribution in [1.82, 2.24) is 0 Å². The molecular weight excluding hydrogens is 150 g/mol. The van der Waals surface area contributed by atoms with E-state index in [9.17, 15) is 9.59 Å². The molecule has 0 aromatic carbocycles. The Hall–Kier alpha value is -0.600. The molecule has 0 rings (SSSR count). The van der Waals surface area contributed by atoms with E-state index in [-0.39, 0.29) is 0 Å². The normalized spacial score (nSPS) is 11.7. The van der Waals surface area contributed by atoms with E-state index < -0.39 is 6.04 Å². The van der Waals surface area contributed by atoms with Crippen molar-refractivity contribution in [2.24, 2.45) is 4.99 Å². The van der Waals surface area contributed by atoms with Gasteiger partial charge >= 0.3 is 0 Å². The van der Waals surface area contributed by atoms with Crippen LogP contribution in [-0.4, -0.2) is 30.4 Å². The zero-order valence-electron chi connectivity index (χ0n) is 5.74. The fourth-order valence-electron chi connectivity index (χ4n) is 0.469. The largest absolute Gasteiger partial charge is 0.301 e. The van der Waals surface area contributed by atoms with Crippen LogP contribution in [0.25, 0.3) is 0 Å². The Morgan fingerprint density at radius 2 is 2.50 bits per heavy atom. The van der Waals surface area contributed by atoms with Crippen LogP contribution in [0.2, 0.25) is 0 Å². The average molecular weight is 159 g/mol. The van der Waals surface area contributed by atoms with E-state index in [2.05, 4.69) is 4.99 Å². The van der Waals surface area contributed by atoms with Crippen molar-refractivity contribution < 1.29 is 9.59 Å². The van der Waals surface area contributed by atoms with Crippen LogP contribution in [0, 0.1) is 0 Å². The molecule has 0 amide bonds. The van der Waals surface area contributed by atoms with Gasteiger partial charge in [0.1, 0.15) is 12.3 Å². The summed E-state index contributed by atoms with van der Waals surface area (Å²) in [5.41, 5.74) is 0. The van der Waals surface area contributed by atoms with Gasteiger partial charge in [-0.15, -0.1) is 0 Å². The third-order valence-electron chi connectivity index (χ3n) is 0.993. The van der Waals surface area contributed by atoms with Crippen molar-refractivity contribution in [2.45, 2.75) is 12.5 Å². The number of carbonyl (C=O) groups is 1. The van der Waals surface area contributed by atoms with E-state index >= 15 is 0 Å². The minimum absolute atomic E-state index is 0.482. The van der Waals surface area contributed by atoms with Gasteiger partial charge in [0.15, 0.2) is 0 Å². The van der Waals surface area contributed by atoms with Crippen molar-refractivity contribution in [2.75, 3.05) is 12.0 Å². The molecule has 0 aliphatic heterocycles. The molecule has 0 aromatic heterocycles. The van der Waals surface area contributed by atoms with Crippen molar-refractivity contribution in [1.29, 1.82) is 0 Å². The maximum atomic E-state index is 10.1. The van der Waals surface area contributed by atoms with Gasteiger partial charge in [0.05, 0.1) is 0 Å². The fourth-order valence-corrected chi connectivity index (χ4v) is 0.947. The molecule has 1 atom stereocenters. The van der Waals surface area contributed by atoms with E-state index in [1.807, 2.05) is 6.26 Å². The van der Waals surface area contributed by atoms with Crippen molar-refractivity contribution in [3.05, 3.63) is 0 Å². The smallest absolute Gasteiger partial charge is 0.235 e. The summed E-state index contributed by atoms with van der Waals surface area (Å²) < 4.78 is 0. The molecule has 0 radical (unpaired) electrons. The van der Waals surface area contributed by atoms with Gasteiger partial charge in [0, 0.05) is 0 Å². The third kappa shape index (κ3) is 4.30. The average Bonchev–Trinajstić information content (AvgIpc) is 1.98. The third-order valence-corrected chi connectivity index (χ3v) is 1.64. The first-order valence-corrected chi connectivity index (χ1v) is 4.25. The molecule has 4 heteroatoms. The molecule has 0 aliphatic rings. The van der Waals surface area contributed by atoms with Gasteiger partial charge in [-0.05, 0) is 18.4 Å². The van der Waals surface area contributed by atoms with Crippen LogP contribution in [0.5, 0.6) is 0 Å². The zero-order chi connectivity index (χ0) is 7.82. The number of isocyanates is 1. The first kappa shape index (κ1) is 9.40. The monoisotopic (exact) mass is 159 g/mol. The Labute approximate surface area is 63.9 Å².